The number of carbonyl (C=O) groups is 1. The fraction of sp³-hybridized carbons (Fsp3) is 0.385. The van der Waals surface area contributed by atoms with Gasteiger partial charge in [-0.2, -0.15) is 11.3 Å². The lowest BCUT2D eigenvalue weighted by molar-refractivity contribution is 0.0562. The van der Waals surface area contributed by atoms with Crippen LogP contribution in [0.2, 0.25) is 0 Å². The number of oxazole rings is 1. The van der Waals surface area contributed by atoms with E-state index in [9.17, 15) is 4.79 Å². The van der Waals surface area contributed by atoms with Gasteiger partial charge in [-0.1, -0.05) is 20.8 Å². The molecule has 0 unspecified atom stereocenters. The summed E-state index contributed by atoms with van der Waals surface area (Å²) < 4.78 is 10.3. The van der Waals surface area contributed by atoms with Crippen LogP contribution in [0.1, 0.15) is 37.0 Å². The highest BCUT2D eigenvalue weighted by molar-refractivity contribution is 7.08. The van der Waals surface area contributed by atoms with E-state index in [0.717, 1.165) is 5.56 Å². The number of hydrogen-bond acceptors (Lipinski definition) is 5. The van der Waals surface area contributed by atoms with Crippen LogP contribution in [0.3, 0.4) is 0 Å². The number of hydrogen-bond donors (Lipinski definition) is 0. The standard InChI is InChI=1S/C13H15NO3S/c1-13(2,3)10-9(12(15)16-4)17-11(14-10)8-5-6-18-7-8/h5-7H,1-4H3. The van der Waals surface area contributed by atoms with Gasteiger partial charge in [-0.15, -0.1) is 0 Å². The van der Waals surface area contributed by atoms with Crippen molar-refractivity contribution >= 4 is 17.3 Å². The van der Waals surface area contributed by atoms with Gasteiger partial charge in [0.05, 0.1) is 7.11 Å². The average Bonchev–Trinajstić information content (AvgIpc) is 2.94. The Morgan fingerprint density at radius 2 is 2.17 bits per heavy atom. The summed E-state index contributed by atoms with van der Waals surface area (Å²) in [5.41, 5.74) is 1.22. The summed E-state index contributed by atoms with van der Waals surface area (Å²) in [6, 6.07) is 1.91. The number of carbonyl (C=O) groups excluding carboxylic acids is 1. The molecule has 4 nitrogen and oxygen atoms in total. The molecule has 0 fully saturated rings. The average molecular weight is 265 g/mol. The lowest BCUT2D eigenvalue weighted by atomic mass is 9.91. The predicted octanol–water partition coefficient (Wildman–Crippen LogP) is 3.49. The first-order valence-corrected chi connectivity index (χ1v) is 6.50. The van der Waals surface area contributed by atoms with E-state index in [4.69, 9.17) is 9.15 Å². The maximum absolute atomic E-state index is 11.7. The number of nitrogens with zero attached hydrogens (tertiary/aromatic N) is 1. The van der Waals surface area contributed by atoms with Crippen LogP contribution < -0.4 is 0 Å². The topological polar surface area (TPSA) is 52.3 Å². The third-order valence-corrected chi connectivity index (χ3v) is 3.16. The molecule has 0 aliphatic rings. The fourth-order valence-corrected chi connectivity index (χ4v) is 2.20. The number of ether oxygens (including phenoxy) is 1. The van der Waals surface area contributed by atoms with Crippen LogP contribution in [0.25, 0.3) is 11.5 Å². The van der Waals surface area contributed by atoms with E-state index >= 15 is 0 Å². The van der Waals surface area contributed by atoms with Gasteiger partial charge in [0.25, 0.3) is 0 Å². The smallest absolute Gasteiger partial charge is 0.376 e. The molecule has 0 N–H and O–H groups in total. The molecule has 18 heavy (non-hydrogen) atoms. The van der Waals surface area contributed by atoms with Crippen LogP contribution >= 0.6 is 11.3 Å². The Balaban J connectivity index is 2.54. The van der Waals surface area contributed by atoms with Gasteiger partial charge in [-0.25, -0.2) is 9.78 Å². The monoisotopic (exact) mass is 265 g/mol. The van der Waals surface area contributed by atoms with Crippen LogP contribution in [-0.2, 0) is 10.2 Å². The Kier molecular flexibility index (Phi) is 3.26. The number of aromatic nitrogens is 1. The highest BCUT2D eigenvalue weighted by Crippen LogP contribution is 2.31. The molecule has 0 aromatic carbocycles. The minimum absolute atomic E-state index is 0.186. The van der Waals surface area contributed by atoms with Crippen molar-refractivity contribution in [1.29, 1.82) is 0 Å². The third kappa shape index (κ3) is 2.31. The second-order valence-electron chi connectivity index (χ2n) is 4.95. The summed E-state index contributed by atoms with van der Waals surface area (Å²) in [6.45, 7) is 5.94. The van der Waals surface area contributed by atoms with Gasteiger partial charge in [0.15, 0.2) is 0 Å². The van der Waals surface area contributed by atoms with Crippen LogP contribution in [0.4, 0.5) is 0 Å². The van der Waals surface area contributed by atoms with Crippen molar-refractivity contribution in [1.82, 2.24) is 4.98 Å². The molecule has 0 bridgehead atoms. The second-order valence-corrected chi connectivity index (χ2v) is 5.73. The molecule has 0 amide bonds. The van der Waals surface area contributed by atoms with Crippen molar-refractivity contribution in [2.75, 3.05) is 7.11 Å². The maximum atomic E-state index is 11.7. The Hall–Kier alpha value is -1.62. The normalized spacial score (nSPS) is 11.6. The molecule has 0 radical (unpaired) electrons. The molecule has 0 aliphatic carbocycles. The van der Waals surface area contributed by atoms with Gasteiger partial charge in [0.2, 0.25) is 11.7 Å². The van der Waals surface area contributed by atoms with Gasteiger partial charge in [0, 0.05) is 16.4 Å². The molecule has 2 aromatic rings. The zero-order valence-electron chi connectivity index (χ0n) is 10.8. The number of thiophene rings is 1. The summed E-state index contributed by atoms with van der Waals surface area (Å²) in [7, 11) is 1.33. The summed E-state index contributed by atoms with van der Waals surface area (Å²) in [5, 5.41) is 3.87. The molecule has 96 valence electrons. The third-order valence-electron chi connectivity index (χ3n) is 2.48. The highest BCUT2D eigenvalue weighted by Gasteiger charge is 2.29. The fourth-order valence-electron chi connectivity index (χ4n) is 1.57. The molecular formula is C13H15NO3S. The van der Waals surface area contributed by atoms with Crippen LogP contribution in [0.15, 0.2) is 21.2 Å². The summed E-state index contributed by atoms with van der Waals surface area (Å²) in [4.78, 5) is 16.1. The largest absolute Gasteiger partial charge is 0.463 e. The van der Waals surface area contributed by atoms with Gasteiger partial charge >= 0.3 is 5.97 Å². The molecule has 2 rings (SSSR count). The van der Waals surface area contributed by atoms with E-state index in [2.05, 4.69) is 4.98 Å². The predicted molar refractivity (Wildman–Crippen MR) is 69.9 cm³/mol. The molecule has 0 saturated heterocycles. The number of rotatable bonds is 2. The molecule has 0 saturated carbocycles. The summed E-state index contributed by atoms with van der Waals surface area (Å²) in [5.74, 6) is 0.154. The molecule has 2 aromatic heterocycles. The molecule has 2 heterocycles. The Morgan fingerprint density at radius 3 is 2.67 bits per heavy atom. The van der Waals surface area contributed by atoms with E-state index in [1.165, 1.54) is 7.11 Å². The number of esters is 1. The summed E-state index contributed by atoms with van der Waals surface area (Å²) in [6.07, 6.45) is 0. The van der Waals surface area contributed by atoms with Crippen LogP contribution in [0.5, 0.6) is 0 Å². The van der Waals surface area contributed by atoms with Crippen molar-refractivity contribution in [2.45, 2.75) is 26.2 Å². The first-order valence-electron chi connectivity index (χ1n) is 5.55. The van der Waals surface area contributed by atoms with Crippen molar-refractivity contribution in [3.8, 4) is 11.5 Å². The quantitative estimate of drug-likeness (QED) is 0.780. The van der Waals surface area contributed by atoms with E-state index in [1.807, 2.05) is 37.6 Å². The van der Waals surface area contributed by atoms with Crippen LogP contribution in [0, 0.1) is 0 Å². The molecule has 0 spiro atoms. The first-order chi connectivity index (χ1) is 8.43. The van der Waals surface area contributed by atoms with E-state index < -0.39 is 5.97 Å². The highest BCUT2D eigenvalue weighted by atomic mass is 32.1. The minimum Gasteiger partial charge on any atom is -0.463 e. The Bertz CT molecular complexity index is 549. The van der Waals surface area contributed by atoms with Gasteiger partial charge in [0.1, 0.15) is 5.69 Å². The summed E-state index contributed by atoms with van der Waals surface area (Å²) >= 11 is 1.56. The molecule has 0 atom stereocenters. The van der Waals surface area contributed by atoms with Crippen molar-refractivity contribution in [2.24, 2.45) is 0 Å². The van der Waals surface area contributed by atoms with Crippen molar-refractivity contribution in [3.05, 3.63) is 28.3 Å². The Morgan fingerprint density at radius 1 is 1.44 bits per heavy atom. The lowest BCUT2D eigenvalue weighted by Gasteiger charge is -2.15. The molecule has 0 aliphatic heterocycles. The van der Waals surface area contributed by atoms with Crippen molar-refractivity contribution in [3.63, 3.8) is 0 Å². The van der Waals surface area contributed by atoms with E-state index in [-0.39, 0.29) is 11.2 Å². The lowest BCUT2D eigenvalue weighted by Crippen LogP contribution is -2.17. The SMILES string of the molecule is COC(=O)c1oc(-c2ccsc2)nc1C(C)(C)C. The van der Waals surface area contributed by atoms with E-state index in [1.54, 1.807) is 11.3 Å². The first kappa shape index (κ1) is 12.8. The Labute approximate surface area is 110 Å². The van der Waals surface area contributed by atoms with Gasteiger partial charge < -0.3 is 9.15 Å². The van der Waals surface area contributed by atoms with E-state index in [0.29, 0.717) is 11.6 Å². The second kappa shape index (κ2) is 4.57. The van der Waals surface area contributed by atoms with Gasteiger partial charge in [-0.3, -0.25) is 0 Å². The molecular weight excluding hydrogens is 250 g/mol. The maximum Gasteiger partial charge on any atom is 0.376 e. The zero-order chi connectivity index (χ0) is 13.3. The molecule has 5 heteroatoms. The number of methoxy groups -OCH3 is 1. The minimum atomic E-state index is -0.492. The van der Waals surface area contributed by atoms with Gasteiger partial charge in [-0.05, 0) is 11.4 Å². The van der Waals surface area contributed by atoms with Crippen molar-refractivity contribution < 1.29 is 13.9 Å². The van der Waals surface area contributed by atoms with Crippen LogP contribution in [-0.4, -0.2) is 18.1 Å². The zero-order valence-corrected chi connectivity index (χ0v) is 11.6.